The number of nitrogens with zero attached hydrogens (tertiary/aromatic N) is 8. The van der Waals surface area contributed by atoms with Gasteiger partial charge in [0.1, 0.15) is 0 Å². The first kappa shape index (κ1) is 58.0. The second kappa shape index (κ2) is 24.6. The van der Waals surface area contributed by atoms with Crippen molar-refractivity contribution in [1.82, 2.24) is 24.1 Å². The van der Waals surface area contributed by atoms with Crippen molar-refractivity contribution in [3.05, 3.63) is 350 Å². The van der Waals surface area contributed by atoms with Crippen molar-refractivity contribution in [1.29, 1.82) is 10.5 Å². The summed E-state index contributed by atoms with van der Waals surface area (Å²) in [5.74, 6) is 1.11. The predicted octanol–water partition coefficient (Wildman–Crippen LogP) is 23.0. The topological polar surface area (TPSA) is 100 Å². The number of aromatic nitrogens is 5. The minimum atomic E-state index is 0.358. The quantitative estimate of drug-likeness (QED) is 0.113. The van der Waals surface area contributed by atoms with Crippen molar-refractivity contribution in [2.45, 2.75) is 0 Å². The van der Waals surface area contributed by atoms with Gasteiger partial charge in [-0.15, -0.1) is 0 Å². The Bertz CT molecular complexity index is 5610. The Labute approximate surface area is 566 Å². The lowest BCUT2D eigenvalue weighted by Crippen LogP contribution is -2.05. The molecule has 8 nitrogen and oxygen atoms in total. The summed E-state index contributed by atoms with van der Waals surface area (Å²) in [4.78, 5) is 21.1. The SMILES string of the molecule is [C-]#[N+]c1ccccc1-c1ccc(-n2c3ccc(-c4ccccc4)cc3c3cc(-c4ccccc4)ccc32)cc1-c1nc(-c2ccccc2-c2ccc(C#N)cc2)nc(-c2cc(-n3c4ccc(-c5ccccc5)cc4c4cc(-c5ccccc5)ccc43)ccc2-c2ccccc2C#N)n1. The minimum absolute atomic E-state index is 0.358. The molecule has 0 saturated carbocycles. The van der Waals surface area contributed by atoms with E-state index in [9.17, 15) is 10.5 Å². The fourth-order valence-corrected chi connectivity index (χ4v) is 14.0. The van der Waals surface area contributed by atoms with E-state index < -0.39 is 0 Å². The highest BCUT2D eigenvalue weighted by Crippen LogP contribution is 2.46. The van der Waals surface area contributed by atoms with Crippen LogP contribution in [0.3, 0.4) is 0 Å². The summed E-state index contributed by atoms with van der Waals surface area (Å²) in [6.45, 7) is 8.58. The normalized spacial score (nSPS) is 11.2. The zero-order valence-corrected chi connectivity index (χ0v) is 52.8. The third-order valence-electron chi connectivity index (χ3n) is 18.7. The monoisotopic (exact) mass is 1250 g/mol. The van der Waals surface area contributed by atoms with Crippen LogP contribution in [-0.4, -0.2) is 24.1 Å². The number of benzene rings is 14. The number of nitriles is 2. The van der Waals surface area contributed by atoms with E-state index in [2.05, 4.69) is 238 Å². The van der Waals surface area contributed by atoms with E-state index >= 15 is 0 Å². The maximum absolute atomic E-state index is 11.0. The molecular weight excluding hydrogens is 1190 g/mol. The molecule has 17 aromatic rings. The molecular formula is C90H54N8. The van der Waals surface area contributed by atoms with Crippen molar-refractivity contribution in [2.24, 2.45) is 0 Å². The molecule has 0 amide bonds. The average Bonchev–Trinajstić information content (AvgIpc) is 1.56. The Morgan fingerprint density at radius 3 is 1.02 bits per heavy atom. The Balaban J connectivity index is 0.952. The third-order valence-corrected chi connectivity index (χ3v) is 18.7. The summed E-state index contributed by atoms with van der Waals surface area (Å²) in [7, 11) is 0. The Morgan fingerprint density at radius 2 is 0.612 bits per heavy atom. The van der Waals surface area contributed by atoms with Crippen LogP contribution < -0.4 is 0 Å². The van der Waals surface area contributed by atoms with E-state index in [0.717, 1.165) is 133 Å². The number of hydrogen-bond donors (Lipinski definition) is 0. The molecule has 3 heterocycles. The lowest BCUT2D eigenvalue weighted by molar-refractivity contribution is 1.07. The van der Waals surface area contributed by atoms with E-state index in [0.29, 0.717) is 51.0 Å². The zero-order valence-electron chi connectivity index (χ0n) is 52.8. The van der Waals surface area contributed by atoms with Crippen molar-refractivity contribution >= 4 is 49.3 Å². The second-order valence-electron chi connectivity index (χ2n) is 24.3. The Hall–Kier alpha value is -13.8. The molecule has 0 fully saturated rings. The molecule has 17 rings (SSSR count). The van der Waals surface area contributed by atoms with Gasteiger partial charge in [-0.3, -0.25) is 0 Å². The van der Waals surface area contributed by atoms with E-state index in [1.165, 1.54) is 0 Å². The van der Waals surface area contributed by atoms with Crippen molar-refractivity contribution < 1.29 is 0 Å². The summed E-state index contributed by atoms with van der Waals surface area (Å²) in [6, 6.07) is 117. The van der Waals surface area contributed by atoms with Gasteiger partial charge in [0.2, 0.25) is 0 Å². The van der Waals surface area contributed by atoms with Gasteiger partial charge in [0.05, 0.1) is 51.9 Å². The van der Waals surface area contributed by atoms with Gasteiger partial charge >= 0.3 is 0 Å². The predicted molar refractivity (Wildman–Crippen MR) is 399 cm³/mol. The number of rotatable bonds is 12. The molecule has 0 aliphatic heterocycles. The largest absolute Gasteiger partial charge is 0.309 e. The van der Waals surface area contributed by atoms with Crippen LogP contribution in [0.1, 0.15) is 11.1 Å². The molecule has 14 aromatic carbocycles. The van der Waals surface area contributed by atoms with Crippen LogP contribution in [-0.2, 0) is 0 Å². The van der Waals surface area contributed by atoms with Crippen LogP contribution in [0.5, 0.6) is 0 Å². The average molecular weight is 1250 g/mol. The molecule has 0 unspecified atom stereocenters. The van der Waals surface area contributed by atoms with Crippen LogP contribution >= 0.6 is 0 Å². The smallest absolute Gasteiger partial charge is 0.194 e. The standard InChI is InChI=1S/C90H54N8/c1-93-83-33-19-18-31-75(83)74-45-43-70(98-86-48-40-66(61-24-10-4-11-25-61)52-79(86)80-53-67(41-49-87(80)98)62-26-12-5-13-27-62)55-82(74)90-95-88(76-32-17-16-29-71(76)63-36-34-58(56-91)35-37-63)94-89(96-90)81-54-69(42-44-73(81)72-30-15-14-28-68(72)57-92)97-84-46-38-64(59-20-6-2-7-21-59)50-77(84)78-51-65(39-47-85(78)97)60-22-8-3-9-23-60/h2-55H. The van der Waals surface area contributed by atoms with Crippen molar-refractivity contribution in [2.75, 3.05) is 0 Å². The summed E-state index contributed by atoms with van der Waals surface area (Å²) in [5.41, 5.74) is 22.9. The molecule has 0 bridgehead atoms. The maximum Gasteiger partial charge on any atom is 0.194 e. The molecule has 0 saturated heterocycles. The van der Waals surface area contributed by atoms with E-state index in [1.807, 2.05) is 115 Å². The first-order valence-corrected chi connectivity index (χ1v) is 32.5. The van der Waals surface area contributed by atoms with Crippen LogP contribution in [0.25, 0.3) is 172 Å². The van der Waals surface area contributed by atoms with E-state index in [1.54, 1.807) is 0 Å². The zero-order chi connectivity index (χ0) is 65.6. The van der Waals surface area contributed by atoms with Gasteiger partial charge in [-0.05, 0) is 163 Å². The molecule has 8 heteroatoms. The molecule has 454 valence electrons. The van der Waals surface area contributed by atoms with E-state index in [-0.39, 0.29) is 0 Å². The van der Waals surface area contributed by atoms with Crippen LogP contribution in [0.4, 0.5) is 5.69 Å². The molecule has 0 N–H and O–H groups in total. The number of hydrogen-bond acceptors (Lipinski definition) is 5. The molecule has 0 aliphatic carbocycles. The third kappa shape index (κ3) is 10.3. The van der Waals surface area contributed by atoms with Gasteiger partial charge in [-0.25, -0.2) is 19.8 Å². The summed E-state index contributed by atoms with van der Waals surface area (Å²) < 4.78 is 4.64. The Morgan fingerprint density at radius 1 is 0.265 bits per heavy atom. The van der Waals surface area contributed by atoms with Crippen LogP contribution in [0.2, 0.25) is 0 Å². The highest BCUT2D eigenvalue weighted by Gasteiger charge is 2.25. The summed E-state index contributed by atoms with van der Waals surface area (Å²) >= 11 is 0. The molecule has 3 aromatic heterocycles. The maximum atomic E-state index is 11.0. The van der Waals surface area contributed by atoms with Gasteiger partial charge in [0.25, 0.3) is 0 Å². The second-order valence-corrected chi connectivity index (χ2v) is 24.3. The fourth-order valence-electron chi connectivity index (χ4n) is 14.0. The lowest BCUT2D eigenvalue weighted by atomic mass is 9.94. The van der Waals surface area contributed by atoms with Gasteiger partial charge in [-0.2, -0.15) is 10.5 Å². The van der Waals surface area contributed by atoms with Gasteiger partial charge in [0.15, 0.2) is 23.2 Å². The number of para-hydroxylation sites is 1. The van der Waals surface area contributed by atoms with Crippen LogP contribution in [0.15, 0.2) is 328 Å². The fraction of sp³-hybridized carbons (Fsp3) is 0. The molecule has 0 atom stereocenters. The molecule has 98 heavy (non-hydrogen) atoms. The highest BCUT2D eigenvalue weighted by atomic mass is 15.0. The van der Waals surface area contributed by atoms with Crippen molar-refractivity contribution in [3.8, 4) is 136 Å². The summed E-state index contributed by atoms with van der Waals surface area (Å²) in [5, 5.41) is 25.3. The molecule has 0 aliphatic rings. The molecule has 0 spiro atoms. The van der Waals surface area contributed by atoms with Gasteiger partial charge in [0, 0.05) is 55.2 Å². The first-order valence-electron chi connectivity index (χ1n) is 32.5. The van der Waals surface area contributed by atoms with Crippen molar-refractivity contribution in [3.63, 3.8) is 0 Å². The molecule has 0 radical (unpaired) electrons. The van der Waals surface area contributed by atoms with E-state index in [4.69, 9.17) is 21.5 Å². The van der Waals surface area contributed by atoms with Gasteiger partial charge < -0.3 is 9.13 Å². The number of fused-ring (bicyclic) bond motifs is 6. The van der Waals surface area contributed by atoms with Gasteiger partial charge in [-0.1, -0.05) is 237 Å². The lowest BCUT2D eigenvalue weighted by Gasteiger charge is -2.18. The summed E-state index contributed by atoms with van der Waals surface area (Å²) in [6.07, 6.45) is 0. The Kier molecular flexibility index (Phi) is 14.5. The highest BCUT2D eigenvalue weighted by molar-refractivity contribution is 6.13. The first-order chi connectivity index (χ1) is 48.4. The minimum Gasteiger partial charge on any atom is -0.309 e. The van der Waals surface area contributed by atoms with Crippen LogP contribution in [0, 0.1) is 29.2 Å².